The lowest BCUT2D eigenvalue weighted by Crippen LogP contribution is -1.97. The fraction of sp³-hybridized carbons (Fsp3) is 0.200. The minimum absolute atomic E-state index is 0.468. The third kappa shape index (κ3) is 2.67. The molecular weight excluding hydrogens is 262 g/mol. The smallest absolute Gasteiger partial charge is 0.168 e. The van der Waals surface area contributed by atoms with Crippen molar-refractivity contribution in [2.45, 2.75) is 6.54 Å². The van der Waals surface area contributed by atoms with Gasteiger partial charge in [-0.1, -0.05) is 35.9 Å². The molecule has 0 aliphatic heterocycles. The van der Waals surface area contributed by atoms with Gasteiger partial charge < -0.3 is 15.2 Å². The lowest BCUT2D eigenvalue weighted by Gasteiger charge is -2.14. The van der Waals surface area contributed by atoms with Gasteiger partial charge in [0.1, 0.15) is 0 Å². The summed E-state index contributed by atoms with van der Waals surface area (Å²) in [5, 5.41) is 0.648. The van der Waals surface area contributed by atoms with E-state index in [4.69, 9.17) is 26.8 Å². The predicted molar refractivity (Wildman–Crippen MR) is 77.9 cm³/mol. The summed E-state index contributed by atoms with van der Waals surface area (Å²) in [6.07, 6.45) is 0. The largest absolute Gasteiger partial charge is 0.493 e. The number of hydrogen-bond acceptors (Lipinski definition) is 3. The topological polar surface area (TPSA) is 44.5 Å². The molecule has 0 heterocycles. The predicted octanol–water partition coefficient (Wildman–Crippen LogP) is 3.48. The van der Waals surface area contributed by atoms with Crippen molar-refractivity contribution in [1.82, 2.24) is 0 Å². The molecule has 0 atom stereocenters. The average Bonchev–Trinajstić information content (AvgIpc) is 2.46. The summed E-state index contributed by atoms with van der Waals surface area (Å²) in [5.74, 6) is 1.35. The van der Waals surface area contributed by atoms with Gasteiger partial charge in [-0.15, -0.1) is 0 Å². The molecule has 3 nitrogen and oxygen atoms in total. The minimum Gasteiger partial charge on any atom is -0.493 e. The lowest BCUT2D eigenvalue weighted by atomic mass is 10.0. The molecule has 0 bridgehead atoms. The van der Waals surface area contributed by atoms with Crippen LogP contribution in [-0.2, 0) is 6.54 Å². The summed E-state index contributed by atoms with van der Waals surface area (Å²) in [4.78, 5) is 0. The first-order chi connectivity index (χ1) is 9.21. The van der Waals surface area contributed by atoms with Crippen LogP contribution in [0, 0.1) is 0 Å². The maximum absolute atomic E-state index is 6.32. The van der Waals surface area contributed by atoms with Gasteiger partial charge in [0, 0.05) is 22.7 Å². The summed E-state index contributed by atoms with van der Waals surface area (Å²) in [6.45, 7) is 0.468. The lowest BCUT2D eigenvalue weighted by molar-refractivity contribution is 0.356. The Hall–Kier alpha value is -1.71. The summed E-state index contributed by atoms with van der Waals surface area (Å²) in [5.41, 5.74) is 8.40. The van der Waals surface area contributed by atoms with Gasteiger partial charge in [-0.2, -0.15) is 0 Å². The van der Waals surface area contributed by atoms with E-state index in [0.717, 1.165) is 16.7 Å². The molecule has 2 aromatic rings. The summed E-state index contributed by atoms with van der Waals surface area (Å²) >= 11 is 6.32. The molecule has 0 aliphatic rings. The van der Waals surface area contributed by atoms with Crippen molar-refractivity contribution in [2.75, 3.05) is 14.2 Å². The molecule has 0 fully saturated rings. The molecular formula is C15H16ClNO2. The molecule has 0 radical (unpaired) electrons. The van der Waals surface area contributed by atoms with Gasteiger partial charge in [0.15, 0.2) is 11.5 Å². The molecule has 0 unspecified atom stereocenters. The number of benzene rings is 2. The van der Waals surface area contributed by atoms with Crippen LogP contribution in [0.4, 0.5) is 0 Å². The van der Waals surface area contributed by atoms with E-state index in [0.29, 0.717) is 23.1 Å². The van der Waals surface area contributed by atoms with E-state index in [-0.39, 0.29) is 0 Å². The molecule has 2 aromatic carbocycles. The molecule has 0 amide bonds. The zero-order valence-corrected chi connectivity index (χ0v) is 11.7. The average molecular weight is 278 g/mol. The van der Waals surface area contributed by atoms with Gasteiger partial charge in [-0.25, -0.2) is 0 Å². The Kier molecular flexibility index (Phi) is 4.30. The normalized spacial score (nSPS) is 10.3. The highest BCUT2D eigenvalue weighted by Gasteiger charge is 2.13. The number of methoxy groups -OCH3 is 2. The van der Waals surface area contributed by atoms with Gasteiger partial charge in [-0.05, 0) is 17.7 Å². The molecule has 0 aliphatic carbocycles. The van der Waals surface area contributed by atoms with E-state index in [1.54, 1.807) is 14.2 Å². The number of para-hydroxylation sites is 1. The van der Waals surface area contributed by atoms with Crippen molar-refractivity contribution in [1.29, 1.82) is 0 Å². The molecule has 19 heavy (non-hydrogen) atoms. The van der Waals surface area contributed by atoms with Crippen LogP contribution in [0.3, 0.4) is 0 Å². The van der Waals surface area contributed by atoms with Crippen LogP contribution < -0.4 is 15.2 Å². The Balaban J connectivity index is 2.58. The van der Waals surface area contributed by atoms with Crippen LogP contribution in [0.25, 0.3) is 11.1 Å². The number of rotatable bonds is 4. The molecule has 2 rings (SSSR count). The summed E-state index contributed by atoms with van der Waals surface area (Å²) in [7, 11) is 3.23. The Bertz CT molecular complexity index is 584. The first-order valence-electron chi connectivity index (χ1n) is 5.91. The Morgan fingerprint density at radius 2 is 1.84 bits per heavy atom. The van der Waals surface area contributed by atoms with Crippen LogP contribution in [0.5, 0.6) is 11.5 Å². The SMILES string of the molecule is COc1cccc(-c2ccc(CN)cc2Cl)c1OC. The molecule has 0 aromatic heterocycles. The van der Waals surface area contributed by atoms with Crippen LogP contribution in [0.2, 0.25) is 5.02 Å². The van der Waals surface area contributed by atoms with Crippen molar-refractivity contribution in [3.63, 3.8) is 0 Å². The maximum atomic E-state index is 6.32. The summed E-state index contributed by atoms with van der Waals surface area (Å²) < 4.78 is 10.7. The second-order valence-electron chi connectivity index (χ2n) is 4.06. The van der Waals surface area contributed by atoms with E-state index >= 15 is 0 Å². The third-order valence-electron chi connectivity index (χ3n) is 2.96. The first kappa shape index (κ1) is 13.7. The van der Waals surface area contributed by atoms with Crippen LogP contribution >= 0.6 is 11.6 Å². The number of nitrogens with two attached hydrogens (primary N) is 1. The van der Waals surface area contributed by atoms with Gasteiger partial charge in [0.05, 0.1) is 14.2 Å². The van der Waals surface area contributed by atoms with Crippen LogP contribution in [0.15, 0.2) is 36.4 Å². The van der Waals surface area contributed by atoms with Crippen LogP contribution in [-0.4, -0.2) is 14.2 Å². The van der Waals surface area contributed by atoms with Crippen molar-refractivity contribution < 1.29 is 9.47 Å². The number of hydrogen-bond donors (Lipinski definition) is 1. The zero-order valence-electron chi connectivity index (χ0n) is 10.9. The highest BCUT2D eigenvalue weighted by atomic mass is 35.5. The third-order valence-corrected chi connectivity index (χ3v) is 3.28. The minimum atomic E-state index is 0.468. The van der Waals surface area contributed by atoms with E-state index in [9.17, 15) is 0 Å². The number of halogens is 1. The highest BCUT2D eigenvalue weighted by Crippen LogP contribution is 2.40. The molecule has 0 saturated carbocycles. The molecule has 100 valence electrons. The van der Waals surface area contributed by atoms with E-state index in [1.165, 1.54) is 0 Å². The van der Waals surface area contributed by atoms with Crippen molar-refractivity contribution >= 4 is 11.6 Å². The van der Waals surface area contributed by atoms with Crippen molar-refractivity contribution in [3.8, 4) is 22.6 Å². The molecule has 0 spiro atoms. The van der Waals surface area contributed by atoms with Gasteiger partial charge >= 0.3 is 0 Å². The monoisotopic (exact) mass is 277 g/mol. The fourth-order valence-corrected chi connectivity index (χ4v) is 2.31. The Labute approximate surface area is 117 Å². The van der Waals surface area contributed by atoms with Gasteiger partial charge in [0.2, 0.25) is 0 Å². The summed E-state index contributed by atoms with van der Waals surface area (Å²) in [6, 6.07) is 11.5. The van der Waals surface area contributed by atoms with E-state index < -0.39 is 0 Å². The fourth-order valence-electron chi connectivity index (χ4n) is 2.00. The molecule has 0 saturated heterocycles. The highest BCUT2D eigenvalue weighted by molar-refractivity contribution is 6.33. The van der Waals surface area contributed by atoms with E-state index in [2.05, 4.69) is 0 Å². The van der Waals surface area contributed by atoms with Crippen LogP contribution in [0.1, 0.15) is 5.56 Å². The Morgan fingerprint density at radius 1 is 1.05 bits per heavy atom. The quantitative estimate of drug-likeness (QED) is 0.930. The second kappa shape index (κ2) is 5.95. The second-order valence-corrected chi connectivity index (χ2v) is 4.47. The Morgan fingerprint density at radius 3 is 2.42 bits per heavy atom. The van der Waals surface area contributed by atoms with Gasteiger partial charge in [0.25, 0.3) is 0 Å². The molecule has 4 heteroatoms. The van der Waals surface area contributed by atoms with Crippen molar-refractivity contribution in [3.05, 3.63) is 47.0 Å². The molecule has 2 N–H and O–H groups in total. The standard InChI is InChI=1S/C15H16ClNO2/c1-18-14-5-3-4-12(15(14)19-2)11-7-6-10(9-17)8-13(11)16/h3-8H,9,17H2,1-2H3. The van der Waals surface area contributed by atoms with E-state index in [1.807, 2.05) is 36.4 Å². The van der Waals surface area contributed by atoms with Gasteiger partial charge in [-0.3, -0.25) is 0 Å². The first-order valence-corrected chi connectivity index (χ1v) is 6.29. The van der Waals surface area contributed by atoms with Crippen molar-refractivity contribution in [2.24, 2.45) is 5.73 Å². The number of ether oxygens (including phenoxy) is 2. The maximum Gasteiger partial charge on any atom is 0.168 e. The zero-order chi connectivity index (χ0) is 13.8.